The van der Waals surface area contributed by atoms with Gasteiger partial charge in [0.15, 0.2) is 10.2 Å². The van der Waals surface area contributed by atoms with Crippen molar-refractivity contribution in [3.8, 4) is 0 Å². The smallest absolute Gasteiger partial charge is 0.193 e. The van der Waals surface area contributed by atoms with Gasteiger partial charge in [-0.3, -0.25) is 9.80 Å². The van der Waals surface area contributed by atoms with Gasteiger partial charge < -0.3 is 0 Å². The van der Waals surface area contributed by atoms with Crippen LogP contribution in [0.25, 0.3) is 0 Å². The van der Waals surface area contributed by atoms with E-state index in [1.807, 2.05) is 70.5 Å². The van der Waals surface area contributed by atoms with Gasteiger partial charge in [0.2, 0.25) is 0 Å². The highest BCUT2D eigenvalue weighted by Crippen LogP contribution is 2.30. The molecule has 0 amide bonds. The summed E-state index contributed by atoms with van der Waals surface area (Å²) in [5, 5.41) is 1.44. The molecular formula is C14H10N2S2. The van der Waals surface area contributed by atoms with Crippen molar-refractivity contribution in [2.24, 2.45) is 0 Å². The van der Waals surface area contributed by atoms with Crippen LogP contribution in [0.5, 0.6) is 0 Å². The SMILES string of the molecule is S=C1N(c2ccccc2)C(=S)N1c1ccccc1. The van der Waals surface area contributed by atoms with Crippen molar-refractivity contribution in [3.05, 3.63) is 60.7 Å². The molecule has 2 aromatic rings. The van der Waals surface area contributed by atoms with E-state index in [-0.39, 0.29) is 0 Å². The molecule has 0 spiro atoms. The predicted octanol–water partition coefficient (Wildman–Crippen LogP) is 3.58. The van der Waals surface area contributed by atoms with Crippen molar-refractivity contribution < 1.29 is 0 Å². The molecule has 2 nitrogen and oxygen atoms in total. The second-order valence-corrected chi connectivity index (χ2v) is 4.64. The molecule has 0 saturated carbocycles. The fourth-order valence-corrected chi connectivity index (χ4v) is 2.80. The minimum absolute atomic E-state index is 0.720. The average Bonchev–Trinajstić information content (AvgIpc) is 2.41. The van der Waals surface area contributed by atoms with Crippen LogP contribution in [0.2, 0.25) is 0 Å². The molecule has 2 aromatic carbocycles. The molecular weight excluding hydrogens is 260 g/mol. The molecule has 0 aliphatic carbocycles. The van der Waals surface area contributed by atoms with Crippen LogP contribution < -0.4 is 9.80 Å². The Balaban J connectivity index is 1.89. The maximum Gasteiger partial charge on any atom is 0.193 e. The van der Waals surface area contributed by atoms with Crippen LogP contribution in [0.3, 0.4) is 0 Å². The Morgan fingerprint density at radius 3 is 1.22 bits per heavy atom. The van der Waals surface area contributed by atoms with Crippen molar-refractivity contribution in [1.29, 1.82) is 0 Å². The van der Waals surface area contributed by atoms with E-state index in [9.17, 15) is 0 Å². The highest BCUT2D eigenvalue weighted by atomic mass is 32.1. The first-order chi connectivity index (χ1) is 8.79. The predicted molar refractivity (Wildman–Crippen MR) is 83.0 cm³/mol. The zero-order valence-corrected chi connectivity index (χ0v) is 11.1. The van der Waals surface area contributed by atoms with Crippen LogP contribution in [-0.2, 0) is 0 Å². The molecule has 88 valence electrons. The van der Waals surface area contributed by atoms with Gasteiger partial charge in [-0.2, -0.15) is 0 Å². The van der Waals surface area contributed by atoms with E-state index in [2.05, 4.69) is 0 Å². The molecule has 1 saturated heterocycles. The third-order valence-electron chi connectivity index (χ3n) is 2.79. The number of rotatable bonds is 2. The van der Waals surface area contributed by atoms with Crippen molar-refractivity contribution in [1.82, 2.24) is 0 Å². The van der Waals surface area contributed by atoms with Gasteiger partial charge in [0.05, 0.1) is 11.4 Å². The van der Waals surface area contributed by atoms with Gasteiger partial charge in [0, 0.05) is 0 Å². The molecule has 3 rings (SSSR count). The van der Waals surface area contributed by atoms with Crippen LogP contribution in [-0.4, -0.2) is 10.2 Å². The second kappa shape index (κ2) is 4.48. The lowest BCUT2D eigenvalue weighted by Crippen LogP contribution is -2.64. The number of thiocarbonyl (C=S) groups is 2. The Hall–Kier alpha value is -1.78. The second-order valence-electron chi connectivity index (χ2n) is 3.91. The Kier molecular flexibility index (Phi) is 2.81. The number of nitrogens with zero attached hydrogens (tertiary/aromatic N) is 2. The maximum atomic E-state index is 5.43. The minimum atomic E-state index is 0.720. The van der Waals surface area contributed by atoms with E-state index >= 15 is 0 Å². The first-order valence-corrected chi connectivity index (χ1v) is 6.39. The molecule has 1 aliphatic rings. The standard InChI is InChI=1S/C14H10N2S2/c17-13-15(11-7-3-1-4-8-11)14(18)16(13)12-9-5-2-6-10-12/h1-10H. The summed E-state index contributed by atoms with van der Waals surface area (Å²) in [6, 6.07) is 19.9. The van der Waals surface area contributed by atoms with Crippen LogP contribution >= 0.6 is 24.4 Å². The lowest BCUT2D eigenvalue weighted by molar-refractivity contribution is 1.24. The molecule has 0 bridgehead atoms. The fraction of sp³-hybridized carbons (Fsp3) is 0. The van der Waals surface area contributed by atoms with Crippen molar-refractivity contribution in [2.45, 2.75) is 0 Å². The number of para-hydroxylation sites is 2. The monoisotopic (exact) mass is 270 g/mol. The third-order valence-corrected chi connectivity index (χ3v) is 3.52. The zero-order valence-electron chi connectivity index (χ0n) is 9.48. The third kappa shape index (κ3) is 1.70. The van der Waals surface area contributed by atoms with E-state index in [0.29, 0.717) is 0 Å². The van der Waals surface area contributed by atoms with Gasteiger partial charge in [-0.25, -0.2) is 0 Å². The largest absolute Gasteiger partial charge is 0.262 e. The zero-order chi connectivity index (χ0) is 12.5. The maximum absolute atomic E-state index is 5.43. The Morgan fingerprint density at radius 2 is 0.889 bits per heavy atom. The molecule has 1 fully saturated rings. The summed E-state index contributed by atoms with van der Waals surface area (Å²) in [5.41, 5.74) is 2.03. The van der Waals surface area contributed by atoms with Gasteiger partial charge in [0.25, 0.3) is 0 Å². The van der Waals surface area contributed by atoms with E-state index in [1.165, 1.54) is 0 Å². The summed E-state index contributed by atoms with van der Waals surface area (Å²) in [4.78, 5) is 3.80. The van der Waals surface area contributed by atoms with Crippen LogP contribution in [0.4, 0.5) is 11.4 Å². The quantitative estimate of drug-likeness (QED) is 0.769. The number of benzene rings is 2. The molecule has 4 heteroatoms. The molecule has 18 heavy (non-hydrogen) atoms. The van der Waals surface area contributed by atoms with E-state index in [4.69, 9.17) is 24.4 Å². The fourth-order valence-electron chi connectivity index (χ4n) is 1.91. The highest BCUT2D eigenvalue weighted by molar-refractivity contribution is 7.84. The molecule has 0 unspecified atom stereocenters. The molecule has 1 aliphatic heterocycles. The number of hydrogen-bond donors (Lipinski definition) is 0. The summed E-state index contributed by atoms with van der Waals surface area (Å²) < 4.78 is 0. The summed E-state index contributed by atoms with van der Waals surface area (Å²) in [7, 11) is 0. The highest BCUT2D eigenvalue weighted by Gasteiger charge is 2.38. The lowest BCUT2D eigenvalue weighted by atomic mass is 10.2. The number of anilines is 2. The Bertz CT molecular complexity index is 528. The molecule has 0 radical (unpaired) electrons. The van der Waals surface area contributed by atoms with Gasteiger partial charge in [-0.05, 0) is 48.7 Å². The number of hydrogen-bond acceptors (Lipinski definition) is 2. The Morgan fingerprint density at radius 1 is 0.556 bits per heavy atom. The Labute approximate surface area is 116 Å². The molecule has 1 heterocycles. The van der Waals surface area contributed by atoms with E-state index in [1.54, 1.807) is 0 Å². The van der Waals surface area contributed by atoms with Gasteiger partial charge in [-0.1, -0.05) is 36.4 Å². The average molecular weight is 270 g/mol. The lowest BCUT2D eigenvalue weighted by Gasteiger charge is -2.45. The normalized spacial score (nSPS) is 14.7. The first kappa shape index (κ1) is 11.3. The molecule has 0 aromatic heterocycles. The van der Waals surface area contributed by atoms with Crippen LogP contribution in [0.1, 0.15) is 0 Å². The van der Waals surface area contributed by atoms with Crippen LogP contribution in [0, 0.1) is 0 Å². The van der Waals surface area contributed by atoms with Crippen molar-refractivity contribution in [3.63, 3.8) is 0 Å². The summed E-state index contributed by atoms with van der Waals surface area (Å²) in [5.74, 6) is 0. The van der Waals surface area contributed by atoms with Crippen LogP contribution in [0.15, 0.2) is 60.7 Å². The molecule has 0 N–H and O–H groups in total. The van der Waals surface area contributed by atoms with E-state index < -0.39 is 0 Å². The van der Waals surface area contributed by atoms with Gasteiger partial charge in [0.1, 0.15) is 0 Å². The first-order valence-electron chi connectivity index (χ1n) is 5.57. The van der Waals surface area contributed by atoms with Gasteiger partial charge >= 0.3 is 0 Å². The summed E-state index contributed by atoms with van der Waals surface area (Å²) in [6.45, 7) is 0. The van der Waals surface area contributed by atoms with Gasteiger partial charge in [-0.15, -0.1) is 0 Å². The van der Waals surface area contributed by atoms with E-state index in [0.717, 1.165) is 21.6 Å². The summed E-state index contributed by atoms with van der Waals surface area (Å²) in [6.07, 6.45) is 0. The summed E-state index contributed by atoms with van der Waals surface area (Å²) >= 11 is 10.9. The topological polar surface area (TPSA) is 6.48 Å². The van der Waals surface area contributed by atoms with Crippen molar-refractivity contribution >= 4 is 46.0 Å². The van der Waals surface area contributed by atoms with Crippen molar-refractivity contribution in [2.75, 3.05) is 9.80 Å². The minimum Gasteiger partial charge on any atom is -0.262 e. The molecule has 0 atom stereocenters.